The lowest BCUT2D eigenvalue weighted by Crippen LogP contribution is -2.45. The van der Waals surface area contributed by atoms with Crippen LogP contribution in [0.4, 0.5) is 4.79 Å². The topological polar surface area (TPSA) is 76.7 Å². The Hall–Kier alpha value is -4.06. The number of benzene rings is 3. The molecule has 0 fully saturated rings. The Kier molecular flexibility index (Phi) is 5.48. The van der Waals surface area contributed by atoms with Gasteiger partial charge in [0.1, 0.15) is 11.5 Å². The SMILES string of the molecule is COC(=O)C1=C(c2ccccc2)NC(=O)NC1c1ccc(Oc2ccccc2)cc1. The molecule has 1 aliphatic heterocycles. The van der Waals surface area contributed by atoms with Gasteiger partial charge in [-0.1, -0.05) is 60.7 Å². The van der Waals surface area contributed by atoms with E-state index < -0.39 is 18.0 Å². The Morgan fingerprint density at radius 1 is 0.833 bits per heavy atom. The van der Waals surface area contributed by atoms with Gasteiger partial charge in [-0.25, -0.2) is 9.59 Å². The van der Waals surface area contributed by atoms with Gasteiger partial charge in [0.15, 0.2) is 0 Å². The van der Waals surface area contributed by atoms with Crippen molar-refractivity contribution in [3.63, 3.8) is 0 Å². The molecule has 6 nitrogen and oxygen atoms in total. The maximum Gasteiger partial charge on any atom is 0.338 e. The molecule has 4 rings (SSSR count). The van der Waals surface area contributed by atoms with Crippen molar-refractivity contribution in [2.75, 3.05) is 7.11 Å². The predicted octanol–water partition coefficient (Wildman–Crippen LogP) is 4.42. The molecule has 0 spiro atoms. The van der Waals surface area contributed by atoms with Gasteiger partial charge in [-0.3, -0.25) is 0 Å². The number of amides is 2. The van der Waals surface area contributed by atoms with Crippen LogP contribution in [0, 0.1) is 0 Å². The van der Waals surface area contributed by atoms with Crippen LogP contribution in [0.15, 0.2) is 90.5 Å². The third-order valence-electron chi connectivity index (χ3n) is 4.73. The fourth-order valence-corrected chi connectivity index (χ4v) is 3.33. The minimum absolute atomic E-state index is 0.333. The zero-order valence-electron chi connectivity index (χ0n) is 16.3. The highest BCUT2D eigenvalue weighted by atomic mass is 16.5. The molecule has 0 aliphatic carbocycles. The number of hydrogen-bond acceptors (Lipinski definition) is 4. The molecular formula is C24H20N2O4. The van der Waals surface area contributed by atoms with Crippen molar-refractivity contribution in [1.29, 1.82) is 0 Å². The van der Waals surface area contributed by atoms with E-state index in [1.807, 2.05) is 72.8 Å². The van der Waals surface area contributed by atoms with E-state index >= 15 is 0 Å². The van der Waals surface area contributed by atoms with Crippen LogP contribution in [-0.2, 0) is 9.53 Å². The number of esters is 1. The van der Waals surface area contributed by atoms with Gasteiger partial charge in [-0.15, -0.1) is 0 Å². The number of hydrogen-bond donors (Lipinski definition) is 2. The van der Waals surface area contributed by atoms with E-state index in [0.717, 1.165) is 16.9 Å². The second-order valence-corrected chi connectivity index (χ2v) is 6.66. The summed E-state index contributed by atoms with van der Waals surface area (Å²) in [6.45, 7) is 0. The Bertz CT molecular complexity index is 1080. The van der Waals surface area contributed by atoms with Crippen LogP contribution in [0.3, 0.4) is 0 Å². The molecule has 1 unspecified atom stereocenters. The van der Waals surface area contributed by atoms with E-state index in [4.69, 9.17) is 9.47 Å². The molecule has 150 valence electrons. The van der Waals surface area contributed by atoms with Gasteiger partial charge in [-0.2, -0.15) is 0 Å². The first kappa shape index (κ1) is 19.3. The smallest absolute Gasteiger partial charge is 0.338 e. The molecule has 30 heavy (non-hydrogen) atoms. The van der Waals surface area contributed by atoms with Crippen molar-refractivity contribution >= 4 is 17.7 Å². The van der Waals surface area contributed by atoms with Gasteiger partial charge < -0.3 is 20.1 Å². The molecule has 1 atom stereocenters. The second-order valence-electron chi connectivity index (χ2n) is 6.66. The summed E-state index contributed by atoms with van der Waals surface area (Å²) in [6.07, 6.45) is 0. The summed E-state index contributed by atoms with van der Waals surface area (Å²) in [5.74, 6) is 0.856. The number of carbonyl (C=O) groups excluding carboxylic acids is 2. The second kappa shape index (κ2) is 8.53. The summed E-state index contributed by atoms with van der Waals surface area (Å²) in [5, 5.41) is 5.56. The molecule has 0 bridgehead atoms. The van der Waals surface area contributed by atoms with Gasteiger partial charge >= 0.3 is 12.0 Å². The first-order valence-electron chi connectivity index (χ1n) is 9.44. The van der Waals surface area contributed by atoms with Crippen molar-refractivity contribution < 1.29 is 19.1 Å². The fraction of sp³-hybridized carbons (Fsp3) is 0.0833. The number of para-hydroxylation sites is 1. The largest absolute Gasteiger partial charge is 0.466 e. The van der Waals surface area contributed by atoms with Crippen LogP contribution in [0.1, 0.15) is 17.2 Å². The standard InChI is InChI=1S/C24H20N2O4/c1-29-23(27)20-21(16-8-4-2-5-9-16)25-24(28)26-22(20)17-12-14-19(15-13-17)30-18-10-6-3-7-11-18/h2-15,22H,1H3,(H2,25,26,28). The molecule has 0 aromatic heterocycles. The predicted molar refractivity (Wildman–Crippen MR) is 113 cm³/mol. The summed E-state index contributed by atoms with van der Waals surface area (Å²) >= 11 is 0. The Labute approximate surface area is 174 Å². The molecule has 3 aromatic rings. The maximum atomic E-state index is 12.7. The number of urea groups is 1. The van der Waals surface area contributed by atoms with E-state index in [2.05, 4.69) is 10.6 Å². The minimum Gasteiger partial charge on any atom is -0.466 e. The number of carbonyl (C=O) groups is 2. The van der Waals surface area contributed by atoms with E-state index in [-0.39, 0.29) is 0 Å². The Morgan fingerprint density at radius 2 is 1.43 bits per heavy atom. The maximum absolute atomic E-state index is 12.7. The highest BCUT2D eigenvalue weighted by Crippen LogP contribution is 2.33. The first-order chi connectivity index (χ1) is 14.7. The molecule has 0 radical (unpaired) electrons. The average molecular weight is 400 g/mol. The fourth-order valence-electron chi connectivity index (χ4n) is 3.33. The summed E-state index contributed by atoms with van der Waals surface area (Å²) in [6, 6.07) is 24.8. The van der Waals surface area contributed by atoms with Crippen LogP contribution in [0.5, 0.6) is 11.5 Å². The molecule has 1 heterocycles. The zero-order valence-corrected chi connectivity index (χ0v) is 16.3. The highest BCUT2D eigenvalue weighted by molar-refractivity contribution is 6.04. The molecule has 2 N–H and O–H groups in total. The molecular weight excluding hydrogens is 380 g/mol. The third-order valence-corrected chi connectivity index (χ3v) is 4.73. The van der Waals surface area contributed by atoms with Crippen molar-refractivity contribution in [3.05, 3.63) is 102 Å². The number of methoxy groups -OCH3 is 1. The Morgan fingerprint density at radius 3 is 2.07 bits per heavy atom. The summed E-state index contributed by atoms with van der Waals surface area (Å²) in [4.78, 5) is 25.0. The van der Waals surface area contributed by atoms with E-state index in [0.29, 0.717) is 17.0 Å². The molecule has 6 heteroatoms. The van der Waals surface area contributed by atoms with Gasteiger partial charge in [-0.05, 0) is 35.4 Å². The minimum atomic E-state index is -0.660. The van der Waals surface area contributed by atoms with Gasteiger partial charge in [0, 0.05) is 0 Å². The van der Waals surface area contributed by atoms with Gasteiger partial charge in [0.05, 0.1) is 24.4 Å². The third kappa shape index (κ3) is 4.03. The average Bonchev–Trinajstić information content (AvgIpc) is 2.80. The van der Waals surface area contributed by atoms with Crippen molar-refractivity contribution in [2.45, 2.75) is 6.04 Å². The molecule has 0 saturated carbocycles. The van der Waals surface area contributed by atoms with Crippen molar-refractivity contribution in [3.8, 4) is 11.5 Å². The highest BCUT2D eigenvalue weighted by Gasteiger charge is 2.34. The van der Waals surface area contributed by atoms with Crippen molar-refractivity contribution in [2.24, 2.45) is 0 Å². The van der Waals surface area contributed by atoms with Crippen LogP contribution >= 0.6 is 0 Å². The molecule has 2 amide bonds. The van der Waals surface area contributed by atoms with Crippen LogP contribution in [0.2, 0.25) is 0 Å². The molecule has 0 saturated heterocycles. The van der Waals surface area contributed by atoms with Crippen molar-refractivity contribution in [1.82, 2.24) is 10.6 Å². The quantitative estimate of drug-likeness (QED) is 0.622. The number of nitrogens with one attached hydrogen (secondary N) is 2. The zero-order chi connectivity index (χ0) is 20.9. The lowest BCUT2D eigenvalue weighted by atomic mass is 9.92. The van der Waals surface area contributed by atoms with E-state index in [1.54, 1.807) is 12.1 Å². The lowest BCUT2D eigenvalue weighted by Gasteiger charge is -2.29. The van der Waals surface area contributed by atoms with E-state index in [9.17, 15) is 9.59 Å². The first-order valence-corrected chi connectivity index (χ1v) is 9.44. The van der Waals surface area contributed by atoms with Crippen LogP contribution in [-0.4, -0.2) is 19.1 Å². The lowest BCUT2D eigenvalue weighted by molar-refractivity contribution is -0.136. The number of ether oxygens (including phenoxy) is 2. The monoisotopic (exact) mass is 400 g/mol. The Balaban J connectivity index is 1.70. The normalized spacial score (nSPS) is 15.8. The molecule has 1 aliphatic rings. The number of rotatable bonds is 5. The summed E-state index contributed by atoms with van der Waals surface area (Å²) in [5.41, 5.74) is 2.22. The van der Waals surface area contributed by atoms with Gasteiger partial charge in [0.25, 0.3) is 0 Å². The molecule has 3 aromatic carbocycles. The summed E-state index contributed by atoms with van der Waals surface area (Å²) in [7, 11) is 1.32. The van der Waals surface area contributed by atoms with Gasteiger partial charge in [0.2, 0.25) is 0 Å². The summed E-state index contributed by atoms with van der Waals surface area (Å²) < 4.78 is 10.8. The van der Waals surface area contributed by atoms with E-state index in [1.165, 1.54) is 7.11 Å². The van der Waals surface area contributed by atoms with Crippen LogP contribution in [0.25, 0.3) is 5.70 Å². The van der Waals surface area contributed by atoms with Crippen LogP contribution < -0.4 is 15.4 Å².